The van der Waals surface area contributed by atoms with Crippen LogP contribution in [0.2, 0.25) is 0 Å². The maximum absolute atomic E-state index is 11.8. The highest BCUT2D eigenvalue weighted by Crippen LogP contribution is 2.34. The van der Waals surface area contributed by atoms with E-state index in [1.807, 2.05) is 10.6 Å². The van der Waals surface area contributed by atoms with E-state index in [1.165, 1.54) is 6.08 Å². The lowest BCUT2D eigenvalue weighted by atomic mass is 10.1. The van der Waals surface area contributed by atoms with E-state index in [0.717, 1.165) is 0 Å². The molecule has 0 unspecified atom stereocenters. The topological polar surface area (TPSA) is 128 Å². The van der Waals surface area contributed by atoms with Gasteiger partial charge in [0.2, 0.25) is 0 Å². The van der Waals surface area contributed by atoms with Gasteiger partial charge in [0.15, 0.2) is 6.61 Å². The summed E-state index contributed by atoms with van der Waals surface area (Å²) >= 11 is 6.53. The molecule has 0 bridgehead atoms. The zero-order chi connectivity index (χ0) is 17.1. The summed E-state index contributed by atoms with van der Waals surface area (Å²) in [5.41, 5.74) is 5.10. The molecule has 0 radical (unpaired) electrons. The van der Waals surface area contributed by atoms with Gasteiger partial charge in [-0.05, 0) is 34.1 Å². The van der Waals surface area contributed by atoms with Gasteiger partial charge in [-0.2, -0.15) is 0 Å². The molecular formula is C13H9Br2N3O5. The number of hydrogen-bond donors (Lipinski definition) is 3. The lowest BCUT2D eigenvalue weighted by molar-refractivity contribution is -0.124. The Kier molecular flexibility index (Phi) is 5.16. The van der Waals surface area contributed by atoms with Crippen molar-refractivity contribution in [3.05, 3.63) is 32.2 Å². The molecule has 1 aromatic carbocycles. The van der Waals surface area contributed by atoms with Crippen molar-refractivity contribution in [2.75, 3.05) is 6.61 Å². The van der Waals surface area contributed by atoms with E-state index in [0.29, 0.717) is 14.5 Å². The van der Waals surface area contributed by atoms with Crippen LogP contribution in [0.25, 0.3) is 6.08 Å². The van der Waals surface area contributed by atoms with E-state index in [1.54, 1.807) is 12.1 Å². The molecule has 1 aromatic rings. The second-order valence-corrected chi connectivity index (χ2v) is 6.13. The Morgan fingerprint density at radius 2 is 1.78 bits per heavy atom. The third-order valence-corrected chi connectivity index (χ3v) is 3.69. The third-order valence-electron chi connectivity index (χ3n) is 2.64. The highest BCUT2D eigenvalue weighted by Gasteiger charge is 2.28. The average molecular weight is 447 g/mol. The zero-order valence-electron chi connectivity index (χ0n) is 11.3. The molecule has 1 saturated heterocycles. The molecule has 0 aliphatic carbocycles. The molecule has 0 saturated carbocycles. The van der Waals surface area contributed by atoms with Crippen LogP contribution in [0.1, 0.15) is 5.56 Å². The smallest absolute Gasteiger partial charge is 0.328 e. The summed E-state index contributed by atoms with van der Waals surface area (Å²) in [6, 6.07) is 2.34. The van der Waals surface area contributed by atoms with E-state index in [4.69, 9.17) is 10.5 Å². The number of carbonyl (C=O) groups excluding carboxylic acids is 4. The Balaban J connectivity index is 2.47. The third kappa shape index (κ3) is 4.17. The van der Waals surface area contributed by atoms with Crippen molar-refractivity contribution < 1.29 is 23.9 Å². The predicted octanol–water partition coefficient (Wildman–Crippen LogP) is 0.825. The number of amides is 5. The maximum atomic E-state index is 11.8. The fraction of sp³-hybridized carbons (Fsp3) is 0.0769. The number of nitrogens with one attached hydrogen (secondary N) is 2. The lowest BCUT2D eigenvalue weighted by Crippen LogP contribution is -2.51. The van der Waals surface area contributed by atoms with Crippen LogP contribution in [0, 0.1) is 0 Å². The van der Waals surface area contributed by atoms with E-state index in [-0.39, 0.29) is 17.9 Å². The van der Waals surface area contributed by atoms with Gasteiger partial charge >= 0.3 is 6.03 Å². The van der Waals surface area contributed by atoms with Gasteiger partial charge < -0.3 is 10.5 Å². The Bertz CT molecular complexity index is 738. The molecular weight excluding hydrogens is 438 g/mol. The summed E-state index contributed by atoms with van der Waals surface area (Å²) in [4.78, 5) is 45.5. The second kappa shape index (κ2) is 6.92. The largest absolute Gasteiger partial charge is 0.482 e. The maximum Gasteiger partial charge on any atom is 0.328 e. The van der Waals surface area contributed by atoms with Gasteiger partial charge in [-0.25, -0.2) is 4.79 Å². The molecule has 0 spiro atoms. The Morgan fingerprint density at radius 1 is 1.17 bits per heavy atom. The van der Waals surface area contributed by atoms with Gasteiger partial charge in [-0.3, -0.25) is 25.0 Å². The molecule has 4 N–H and O–H groups in total. The quantitative estimate of drug-likeness (QED) is 0.466. The van der Waals surface area contributed by atoms with Crippen LogP contribution in [0.15, 0.2) is 26.7 Å². The van der Waals surface area contributed by atoms with Crippen LogP contribution in [-0.2, 0) is 14.4 Å². The first-order chi connectivity index (χ1) is 10.8. The Hall–Kier alpha value is -2.20. The average Bonchev–Trinajstić information content (AvgIpc) is 2.41. The van der Waals surface area contributed by atoms with Crippen molar-refractivity contribution in [2.24, 2.45) is 5.73 Å². The fourth-order valence-corrected chi connectivity index (χ4v) is 3.12. The highest BCUT2D eigenvalue weighted by molar-refractivity contribution is 9.11. The van der Waals surface area contributed by atoms with Crippen LogP contribution < -0.4 is 21.1 Å². The first-order valence-corrected chi connectivity index (χ1v) is 7.65. The molecule has 1 aliphatic heterocycles. The molecule has 8 nitrogen and oxygen atoms in total. The number of urea groups is 1. The summed E-state index contributed by atoms with van der Waals surface area (Å²) in [5, 5.41) is 3.92. The number of carbonyl (C=O) groups is 4. The van der Waals surface area contributed by atoms with Gasteiger partial charge in [-0.1, -0.05) is 15.9 Å². The summed E-state index contributed by atoms with van der Waals surface area (Å²) in [5.74, 6) is -2.14. The molecule has 1 heterocycles. The normalized spacial score (nSPS) is 14.2. The zero-order valence-corrected chi connectivity index (χ0v) is 14.5. The van der Waals surface area contributed by atoms with Crippen molar-refractivity contribution in [1.29, 1.82) is 0 Å². The summed E-state index contributed by atoms with van der Waals surface area (Å²) in [7, 11) is 0. The number of benzene rings is 1. The van der Waals surface area contributed by atoms with Crippen LogP contribution in [0.4, 0.5) is 4.79 Å². The minimum atomic E-state index is -0.891. The molecule has 1 fully saturated rings. The van der Waals surface area contributed by atoms with E-state index >= 15 is 0 Å². The first-order valence-electron chi connectivity index (χ1n) is 6.06. The minimum Gasteiger partial charge on any atom is -0.482 e. The number of halogens is 2. The van der Waals surface area contributed by atoms with Crippen LogP contribution in [0.3, 0.4) is 0 Å². The first kappa shape index (κ1) is 17.2. The number of rotatable bonds is 4. The molecule has 2 rings (SSSR count). The van der Waals surface area contributed by atoms with Crippen molar-refractivity contribution in [3.63, 3.8) is 0 Å². The SMILES string of the molecule is NC(=O)COc1c(Br)cc(Br)cc1C=C1C(=O)NC(=O)NC1=O. The molecule has 120 valence electrons. The summed E-state index contributed by atoms with van der Waals surface area (Å²) in [6.45, 7) is -0.382. The molecule has 23 heavy (non-hydrogen) atoms. The molecule has 0 aromatic heterocycles. The standard InChI is InChI=1S/C13H9Br2N3O5/c14-6-1-5(10(8(15)3-6)23-4-9(16)19)2-7-11(20)17-13(22)18-12(7)21/h1-3H,4H2,(H2,16,19)(H2,17,18,20,21,22). The fourth-order valence-electron chi connectivity index (χ4n) is 1.74. The number of imide groups is 2. The van der Waals surface area contributed by atoms with E-state index < -0.39 is 23.8 Å². The number of barbiturate groups is 1. The minimum absolute atomic E-state index is 0.219. The molecule has 1 aliphatic rings. The molecule has 0 atom stereocenters. The van der Waals surface area contributed by atoms with Crippen molar-refractivity contribution >= 4 is 61.7 Å². The van der Waals surface area contributed by atoms with Crippen LogP contribution in [0.5, 0.6) is 5.75 Å². The van der Waals surface area contributed by atoms with Gasteiger partial charge in [0.25, 0.3) is 17.7 Å². The summed E-state index contributed by atoms with van der Waals surface area (Å²) < 4.78 is 6.41. The second-order valence-electron chi connectivity index (χ2n) is 4.36. The van der Waals surface area contributed by atoms with Crippen LogP contribution in [-0.4, -0.2) is 30.4 Å². The van der Waals surface area contributed by atoms with Gasteiger partial charge in [0.1, 0.15) is 11.3 Å². The number of hydrogen-bond acceptors (Lipinski definition) is 5. The monoisotopic (exact) mass is 445 g/mol. The number of ether oxygens (including phenoxy) is 1. The van der Waals surface area contributed by atoms with Crippen LogP contribution >= 0.6 is 31.9 Å². The van der Waals surface area contributed by atoms with E-state index in [9.17, 15) is 19.2 Å². The van der Waals surface area contributed by atoms with Gasteiger partial charge in [0.05, 0.1) is 4.47 Å². The molecule has 5 amide bonds. The Morgan fingerprint density at radius 3 is 2.35 bits per heavy atom. The summed E-state index contributed by atoms with van der Waals surface area (Å²) in [6.07, 6.45) is 1.24. The van der Waals surface area contributed by atoms with Crippen molar-refractivity contribution in [2.45, 2.75) is 0 Å². The van der Waals surface area contributed by atoms with Crippen molar-refractivity contribution in [1.82, 2.24) is 10.6 Å². The number of primary amides is 1. The lowest BCUT2D eigenvalue weighted by Gasteiger charge is -2.15. The van der Waals surface area contributed by atoms with E-state index in [2.05, 4.69) is 31.9 Å². The number of nitrogens with two attached hydrogens (primary N) is 1. The van der Waals surface area contributed by atoms with Gasteiger partial charge in [-0.15, -0.1) is 0 Å². The molecule has 10 heteroatoms. The predicted molar refractivity (Wildman–Crippen MR) is 86.2 cm³/mol. The van der Waals surface area contributed by atoms with Crippen molar-refractivity contribution in [3.8, 4) is 5.75 Å². The Labute approximate surface area is 146 Å². The highest BCUT2D eigenvalue weighted by atomic mass is 79.9. The van der Waals surface area contributed by atoms with Gasteiger partial charge in [0, 0.05) is 10.0 Å².